The number of hydrogen-bond acceptors (Lipinski definition) is 4. The Morgan fingerprint density at radius 3 is 2.75 bits per heavy atom. The molecule has 6 heteroatoms. The fourth-order valence-corrected chi connectivity index (χ4v) is 1.74. The highest BCUT2D eigenvalue weighted by Gasteiger charge is 2.09. The number of amides is 1. The van der Waals surface area contributed by atoms with E-state index in [-0.39, 0.29) is 30.2 Å². The Hall–Kier alpha value is -1.82. The zero-order valence-electron chi connectivity index (χ0n) is 12.2. The molecule has 0 spiro atoms. The summed E-state index contributed by atoms with van der Waals surface area (Å²) in [5, 5.41) is 12.0. The summed E-state index contributed by atoms with van der Waals surface area (Å²) in [5.74, 6) is 0.513. The third-order valence-corrected chi connectivity index (χ3v) is 2.92. The number of methoxy groups -OCH3 is 1. The van der Waals surface area contributed by atoms with Gasteiger partial charge in [0, 0.05) is 18.3 Å². The molecule has 0 aliphatic heterocycles. The van der Waals surface area contributed by atoms with Crippen LogP contribution in [0.1, 0.15) is 26.0 Å². The molecular weight excluding hydrogens is 260 g/mol. The molecule has 112 valence electrons. The Labute approximate surface area is 118 Å². The summed E-state index contributed by atoms with van der Waals surface area (Å²) in [6.45, 7) is 4.52. The van der Waals surface area contributed by atoms with Crippen molar-refractivity contribution in [2.24, 2.45) is 5.92 Å². The van der Waals surface area contributed by atoms with Crippen LogP contribution >= 0.6 is 0 Å². The van der Waals surface area contributed by atoms with Crippen LogP contribution in [0.5, 0.6) is 5.75 Å². The molecule has 1 heterocycles. The molecule has 0 aliphatic carbocycles. The number of hydrogen-bond donors (Lipinski definition) is 2. The summed E-state index contributed by atoms with van der Waals surface area (Å²) in [7, 11) is 1.39. The third-order valence-electron chi connectivity index (χ3n) is 2.92. The van der Waals surface area contributed by atoms with Crippen molar-refractivity contribution >= 4 is 5.91 Å². The van der Waals surface area contributed by atoms with Gasteiger partial charge in [0.2, 0.25) is 11.3 Å². The maximum atomic E-state index is 11.8. The number of aromatic nitrogens is 1. The van der Waals surface area contributed by atoms with Crippen LogP contribution in [0.2, 0.25) is 0 Å². The zero-order valence-corrected chi connectivity index (χ0v) is 12.2. The molecular formula is C14H22N2O4. The molecule has 0 aliphatic rings. The van der Waals surface area contributed by atoms with E-state index in [1.165, 1.54) is 23.9 Å². The van der Waals surface area contributed by atoms with Crippen molar-refractivity contribution < 1.29 is 14.6 Å². The van der Waals surface area contributed by atoms with Crippen molar-refractivity contribution in [3.8, 4) is 5.75 Å². The first-order chi connectivity index (χ1) is 9.47. The molecule has 1 rings (SSSR count). The van der Waals surface area contributed by atoms with Gasteiger partial charge in [0.15, 0.2) is 5.75 Å². The topological polar surface area (TPSA) is 80.6 Å². The highest BCUT2D eigenvalue weighted by Crippen LogP contribution is 2.06. The van der Waals surface area contributed by atoms with Crippen LogP contribution in [0.15, 0.2) is 17.1 Å². The number of aliphatic hydroxyl groups is 1. The van der Waals surface area contributed by atoms with Crippen molar-refractivity contribution in [3.63, 3.8) is 0 Å². The molecule has 0 atom stereocenters. The maximum absolute atomic E-state index is 11.8. The summed E-state index contributed by atoms with van der Waals surface area (Å²) in [6, 6.07) is 1.28. The maximum Gasteiger partial charge on any atom is 0.239 e. The zero-order chi connectivity index (χ0) is 15.1. The molecule has 0 saturated heterocycles. The van der Waals surface area contributed by atoms with Crippen LogP contribution in [-0.2, 0) is 17.9 Å². The third kappa shape index (κ3) is 4.70. The van der Waals surface area contributed by atoms with E-state index < -0.39 is 0 Å². The number of nitrogens with zero attached hydrogens (tertiary/aromatic N) is 1. The number of aliphatic hydroxyl groups excluding tert-OH is 1. The van der Waals surface area contributed by atoms with Crippen LogP contribution in [0, 0.1) is 5.92 Å². The minimum atomic E-state index is -0.312. The van der Waals surface area contributed by atoms with Crippen molar-refractivity contribution in [3.05, 3.63) is 28.2 Å². The van der Waals surface area contributed by atoms with Crippen molar-refractivity contribution in [1.29, 1.82) is 0 Å². The van der Waals surface area contributed by atoms with Gasteiger partial charge in [0.05, 0.1) is 19.9 Å². The van der Waals surface area contributed by atoms with Gasteiger partial charge in [-0.1, -0.05) is 13.8 Å². The van der Waals surface area contributed by atoms with Crippen molar-refractivity contribution in [2.45, 2.75) is 33.4 Å². The van der Waals surface area contributed by atoms with E-state index in [4.69, 9.17) is 4.74 Å². The standard InChI is InChI=1S/C14H22N2O4/c1-10(2)4-5-15-14(19)8-16-7-13(20-3)12(18)6-11(16)9-17/h6-7,10,17H,4-5,8-9H2,1-3H3,(H,15,19). The smallest absolute Gasteiger partial charge is 0.239 e. The van der Waals surface area contributed by atoms with Crippen LogP contribution in [0.3, 0.4) is 0 Å². The van der Waals surface area contributed by atoms with Gasteiger partial charge in [-0.05, 0) is 12.3 Å². The van der Waals surface area contributed by atoms with Gasteiger partial charge >= 0.3 is 0 Å². The van der Waals surface area contributed by atoms with Crippen LogP contribution in [0.25, 0.3) is 0 Å². The number of pyridine rings is 1. The number of nitrogens with one attached hydrogen (secondary N) is 1. The Balaban J connectivity index is 2.75. The lowest BCUT2D eigenvalue weighted by Gasteiger charge is -2.13. The van der Waals surface area contributed by atoms with E-state index in [2.05, 4.69) is 19.2 Å². The van der Waals surface area contributed by atoms with Gasteiger partial charge in [-0.25, -0.2) is 0 Å². The summed E-state index contributed by atoms with van der Waals surface area (Å²) in [6.07, 6.45) is 2.35. The summed E-state index contributed by atoms with van der Waals surface area (Å²) >= 11 is 0. The van der Waals surface area contributed by atoms with Crippen LogP contribution in [-0.4, -0.2) is 29.2 Å². The number of carbonyl (C=O) groups is 1. The van der Waals surface area contributed by atoms with Gasteiger partial charge in [0.25, 0.3) is 0 Å². The highest BCUT2D eigenvalue weighted by atomic mass is 16.5. The summed E-state index contributed by atoms with van der Waals surface area (Å²) < 4.78 is 6.45. The monoisotopic (exact) mass is 282 g/mol. The first kappa shape index (κ1) is 16.2. The second-order valence-electron chi connectivity index (χ2n) is 5.02. The molecule has 1 amide bonds. The lowest BCUT2D eigenvalue weighted by Crippen LogP contribution is -2.30. The van der Waals surface area contributed by atoms with E-state index in [9.17, 15) is 14.7 Å². The van der Waals surface area contributed by atoms with Gasteiger partial charge in [0.1, 0.15) is 6.54 Å². The summed E-state index contributed by atoms with van der Waals surface area (Å²) in [5.41, 5.74) is 0.0721. The Morgan fingerprint density at radius 2 is 2.20 bits per heavy atom. The molecule has 0 radical (unpaired) electrons. The van der Waals surface area contributed by atoms with E-state index in [0.29, 0.717) is 18.2 Å². The number of ether oxygens (including phenoxy) is 1. The molecule has 0 aromatic carbocycles. The van der Waals surface area contributed by atoms with E-state index >= 15 is 0 Å². The minimum Gasteiger partial charge on any atom is -0.491 e. The predicted octanol–water partition coefficient (Wildman–Crippen LogP) is 0.511. The van der Waals surface area contributed by atoms with E-state index in [1.54, 1.807) is 0 Å². The second kappa shape index (κ2) is 7.69. The second-order valence-corrected chi connectivity index (χ2v) is 5.02. The van der Waals surface area contributed by atoms with Gasteiger partial charge in [-0.3, -0.25) is 9.59 Å². The first-order valence-electron chi connectivity index (χ1n) is 6.62. The minimum absolute atomic E-state index is 0.0463. The van der Waals surface area contributed by atoms with Crippen molar-refractivity contribution in [1.82, 2.24) is 9.88 Å². The van der Waals surface area contributed by atoms with Gasteiger partial charge in [-0.2, -0.15) is 0 Å². The molecule has 0 unspecified atom stereocenters. The molecule has 2 N–H and O–H groups in total. The fraction of sp³-hybridized carbons (Fsp3) is 0.571. The highest BCUT2D eigenvalue weighted by molar-refractivity contribution is 5.75. The Kier molecular flexibility index (Phi) is 6.24. The summed E-state index contributed by atoms with van der Waals surface area (Å²) in [4.78, 5) is 23.4. The van der Waals surface area contributed by atoms with Gasteiger partial charge in [-0.15, -0.1) is 0 Å². The molecule has 1 aromatic heterocycles. The molecule has 20 heavy (non-hydrogen) atoms. The Bertz CT molecular complexity index is 508. The molecule has 6 nitrogen and oxygen atoms in total. The lowest BCUT2D eigenvalue weighted by atomic mass is 10.1. The number of carbonyl (C=O) groups excluding carboxylic acids is 1. The largest absolute Gasteiger partial charge is 0.491 e. The number of rotatable bonds is 7. The normalized spacial score (nSPS) is 10.7. The molecule has 1 aromatic rings. The molecule has 0 fully saturated rings. The average molecular weight is 282 g/mol. The van der Waals surface area contributed by atoms with E-state index in [1.807, 2.05) is 0 Å². The predicted molar refractivity (Wildman–Crippen MR) is 75.6 cm³/mol. The quantitative estimate of drug-likeness (QED) is 0.763. The first-order valence-corrected chi connectivity index (χ1v) is 6.62. The lowest BCUT2D eigenvalue weighted by molar-refractivity contribution is -0.121. The fourth-order valence-electron chi connectivity index (χ4n) is 1.74. The molecule has 0 bridgehead atoms. The SMILES string of the molecule is COc1cn(CC(=O)NCCC(C)C)c(CO)cc1=O. The average Bonchev–Trinajstić information content (AvgIpc) is 2.39. The van der Waals surface area contributed by atoms with Crippen LogP contribution in [0.4, 0.5) is 0 Å². The van der Waals surface area contributed by atoms with E-state index in [0.717, 1.165) is 6.42 Å². The molecule has 0 saturated carbocycles. The Morgan fingerprint density at radius 1 is 1.50 bits per heavy atom. The van der Waals surface area contributed by atoms with Crippen molar-refractivity contribution in [2.75, 3.05) is 13.7 Å². The van der Waals surface area contributed by atoms with Gasteiger partial charge < -0.3 is 19.7 Å². The van der Waals surface area contributed by atoms with Crippen LogP contribution < -0.4 is 15.5 Å².